The molecular weight excluding hydrogens is 434 g/mol. The van der Waals surface area contributed by atoms with Gasteiger partial charge >= 0.3 is 0 Å². The van der Waals surface area contributed by atoms with Crippen molar-refractivity contribution in [2.24, 2.45) is 34.5 Å². The van der Waals surface area contributed by atoms with Crippen LogP contribution in [0.25, 0.3) is 0 Å². The van der Waals surface area contributed by atoms with E-state index in [2.05, 4.69) is 18.8 Å². The van der Waals surface area contributed by atoms with Gasteiger partial charge in [-0.05, 0) is 55.4 Å². The van der Waals surface area contributed by atoms with Crippen molar-refractivity contribution in [3.05, 3.63) is 48.2 Å². The van der Waals surface area contributed by atoms with Gasteiger partial charge in [-0.15, -0.1) is 0 Å². The van der Waals surface area contributed by atoms with E-state index >= 15 is 0 Å². The lowest BCUT2D eigenvalue weighted by molar-refractivity contribution is -0.233. The molecule has 0 aromatic carbocycles. The molecule has 6 rings (SSSR count). The number of carbonyl (C=O) groups is 3. The van der Waals surface area contributed by atoms with E-state index in [0.29, 0.717) is 18.8 Å². The predicted octanol–water partition coefficient (Wildman–Crippen LogP) is 4.22. The minimum Gasteiger partial charge on any atom is -0.366 e. The fourth-order valence-corrected chi connectivity index (χ4v) is 8.89. The van der Waals surface area contributed by atoms with Gasteiger partial charge in [-0.2, -0.15) is 0 Å². The number of allylic oxidation sites excluding steroid dienone is 4. The number of fused-ring (bicyclic) bond motifs is 7. The molecule has 1 saturated heterocycles. The molecule has 5 aliphatic rings. The van der Waals surface area contributed by atoms with Crippen molar-refractivity contribution in [3.8, 4) is 0 Å². The van der Waals surface area contributed by atoms with Gasteiger partial charge in [0.05, 0.1) is 17.4 Å². The number of ketones is 3. The van der Waals surface area contributed by atoms with Crippen LogP contribution in [0.1, 0.15) is 39.5 Å². The Kier molecular flexibility index (Phi) is 4.70. The Morgan fingerprint density at radius 1 is 1.27 bits per heavy atom. The Morgan fingerprint density at radius 3 is 2.85 bits per heavy atom. The van der Waals surface area contributed by atoms with Crippen LogP contribution in [0.15, 0.2) is 53.2 Å². The standard InChI is InChI=1S/C27H29NO4S/c1-25-9-8-18(29)11-16(25)6-7-19-20-12-17-14-32-27(17,26(20,2)13-21(30)24(19)25)22(31)15-33-23-5-3-4-10-28-23/h3-5,8-11,17,19-20,24H,6-7,12-15H2,1-2H3/t17-,19?,20?,24?,25?,26?,27-/m0/s1. The summed E-state index contributed by atoms with van der Waals surface area (Å²) in [7, 11) is 0. The third-order valence-corrected chi connectivity index (χ3v) is 10.5. The van der Waals surface area contributed by atoms with E-state index in [1.807, 2.05) is 24.3 Å². The normalized spacial score (nSPS) is 43.0. The molecule has 172 valence electrons. The summed E-state index contributed by atoms with van der Waals surface area (Å²) in [4.78, 5) is 43.9. The maximum absolute atomic E-state index is 13.8. The Morgan fingerprint density at radius 2 is 2.12 bits per heavy atom. The molecule has 4 aliphatic carbocycles. The van der Waals surface area contributed by atoms with Crippen molar-refractivity contribution in [1.29, 1.82) is 0 Å². The average molecular weight is 464 g/mol. The second kappa shape index (κ2) is 7.22. The van der Waals surface area contributed by atoms with Gasteiger partial charge in [-0.25, -0.2) is 4.98 Å². The van der Waals surface area contributed by atoms with E-state index in [0.717, 1.165) is 29.9 Å². The summed E-state index contributed by atoms with van der Waals surface area (Å²) in [6.45, 7) is 4.88. The second-order valence-corrected chi connectivity index (χ2v) is 11.9. The van der Waals surface area contributed by atoms with Gasteiger partial charge in [0.25, 0.3) is 0 Å². The molecule has 1 aromatic rings. The van der Waals surface area contributed by atoms with Crippen molar-refractivity contribution in [3.63, 3.8) is 0 Å². The lowest BCUT2D eigenvalue weighted by atomic mass is 9.46. The summed E-state index contributed by atoms with van der Waals surface area (Å²) in [5.41, 5.74) is -0.607. The van der Waals surface area contributed by atoms with Crippen molar-refractivity contribution in [2.75, 3.05) is 12.4 Å². The molecular formula is C27H29NO4S. The van der Waals surface area contributed by atoms with Crippen LogP contribution in [0.4, 0.5) is 0 Å². The first-order valence-corrected chi connectivity index (χ1v) is 13.0. The van der Waals surface area contributed by atoms with Crippen LogP contribution in [0, 0.1) is 34.5 Å². The van der Waals surface area contributed by atoms with Gasteiger partial charge in [0, 0.05) is 35.3 Å². The van der Waals surface area contributed by atoms with E-state index in [-0.39, 0.29) is 46.4 Å². The van der Waals surface area contributed by atoms with E-state index in [1.165, 1.54) is 11.8 Å². The number of thioether (sulfide) groups is 1. The van der Waals surface area contributed by atoms with Gasteiger partial charge in [-0.3, -0.25) is 14.4 Å². The highest BCUT2D eigenvalue weighted by molar-refractivity contribution is 7.99. The largest absolute Gasteiger partial charge is 0.366 e. The van der Waals surface area contributed by atoms with E-state index in [9.17, 15) is 14.4 Å². The zero-order valence-electron chi connectivity index (χ0n) is 19.1. The molecule has 0 bridgehead atoms. The Bertz CT molecular complexity index is 1110. The molecule has 33 heavy (non-hydrogen) atoms. The third kappa shape index (κ3) is 2.77. The zero-order valence-corrected chi connectivity index (χ0v) is 19.9. The van der Waals surface area contributed by atoms with Gasteiger partial charge in [0.15, 0.2) is 11.6 Å². The van der Waals surface area contributed by atoms with Crippen molar-refractivity contribution in [2.45, 2.75) is 50.2 Å². The van der Waals surface area contributed by atoms with Gasteiger partial charge in [0.2, 0.25) is 0 Å². The molecule has 6 heteroatoms. The molecule has 0 radical (unpaired) electrons. The number of hydrogen-bond donors (Lipinski definition) is 0. The molecule has 0 spiro atoms. The van der Waals surface area contributed by atoms with E-state index in [4.69, 9.17) is 4.74 Å². The Balaban J connectivity index is 1.31. The first-order chi connectivity index (χ1) is 15.8. The highest BCUT2D eigenvalue weighted by Crippen LogP contribution is 2.70. The number of carbonyl (C=O) groups excluding carboxylic acids is 3. The highest BCUT2D eigenvalue weighted by atomic mass is 32.2. The minimum atomic E-state index is -0.852. The molecule has 5 unspecified atom stereocenters. The average Bonchev–Trinajstić information content (AvgIpc) is 2.94. The first-order valence-electron chi connectivity index (χ1n) is 12.0. The second-order valence-electron chi connectivity index (χ2n) is 10.9. The maximum atomic E-state index is 13.8. The number of ether oxygens (including phenoxy) is 1. The molecule has 0 amide bonds. The van der Waals surface area contributed by atoms with Crippen LogP contribution in [-0.2, 0) is 19.1 Å². The number of Topliss-reactive ketones (excluding diaryl/α,β-unsaturated/α-hetero) is 2. The molecule has 1 aromatic heterocycles. The number of pyridine rings is 1. The number of aromatic nitrogens is 1. The van der Waals surface area contributed by atoms with Gasteiger partial charge in [0.1, 0.15) is 11.4 Å². The van der Waals surface area contributed by atoms with Gasteiger partial charge in [-0.1, -0.05) is 43.3 Å². The van der Waals surface area contributed by atoms with Crippen molar-refractivity contribution < 1.29 is 19.1 Å². The molecule has 7 atom stereocenters. The predicted molar refractivity (Wildman–Crippen MR) is 125 cm³/mol. The molecule has 3 saturated carbocycles. The lowest BCUT2D eigenvalue weighted by Crippen LogP contribution is -2.67. The summed E-state index contributed by atoms with van der Waals surface area (Å²) in [6.07, 6.45) is 10.2. The molecule has 0 N–H and O–H groups in total. The molecule has 1 aliphatic heterocycles. The summed E-state index contributed by atoms with van der Waals surface area (Å²) in [5, 5.41) is 0.829. The topological polar surface area (TPSA) is 73.3 Å². The van der Waals surface area contributed by atoms with Crippen LogP contribution < -0.4 is 0 Å². The SMILES string of the molecule is CC12C=CC(=O)C=C1CCC1C2C(=O)CC2(C)C1C[C@H]1CO[C@]12C(=O)CSc1ccccn1. The summed E-state index contributed by atoms with van der Waals surface area (Å²) >= 11 is 1.45. The monoisotopic (exact) mass is 463 g/mol. The smallest absolute Gasteiger partial charge is 0.178 e. The van der Waals surface area contributed by atoms with Crippen LogP contribution in [0.2, 0.25) is 0 Å². The van der Waals surface area contributed by atoms with Crippen molar-refractivity contribution in [1.82, 2.24) is 4.98 Å². The summed E-state index contributed by atoms with van der Waals surface area (Å²) in [5.74, 6) is 1.24. The van der Waals surface area contributed by atoms with E-state index in [1.54, 1.807) is 18.3 Å². The minimum absolute atomic E-state index is 0.0243. The Labute approximate surface area is 198 Å². The lowest BCUT2D eigenvalue weighted by Gasteiger charge is -2.59. The van der Waals surface area contributed by atoms with Crippen LogP contribution in [-0.4, -0.2) is 40.3 Å². The van der Waals surface area contributed by atoms with Crippen molar-refractivity contribution >= 4 is 29.1 Å². The van der Waals surface area contributed by atoms with Gasteiger partial charge < -0.3 is 4.74 Å². The fourth-order valence-electron chi connectivity index (χ4n) is 8.09. The van der Waals surface area contributed by atoms with Crippen LogP contribution >= 0.6 is 11.8 Å². The summed E-state index contributed by atoms with van der Waals surface area (Å²) < 4.78 is 6.23. The number of rotatable bonds is 4. The first kappa shape index (κ1) is 21.5. The zero-order chi connectivity index (χ0) is 23.0. The maximum Gasteiger partial charge on any atom is 0.178 e. The number of hydrogen-bond acceptors (Lipinski definition) is 6. The van der Waals surface area contributed by atoms with Crippen LogP contribution in [0.5, 0.6) is 0 Å². The quantitative estimate of drug-likeness (QED) is 0.623. The highest BCUT2D eigenvalue weighted by Gasteiger charge is 2.75. The molecule has 4 fully saturated rings. The third-order valence-electron chi connectivity index (χ3n) is 9.52. The Hall–Kier alpha value is -2.05. The molecule has 2 heterocycles. The van der Waals surface area contributed by atoms with Crippen LogP contribution in [0.3, 0.4) is 0 Å². The van der Waals surface area contributed by atoms with E-state index < -0.39 is 11.0 Å². The number of nitrogens with zero attached hydrogens (tertiary/aromatic N) is 1. The molecule has 5 nitrogen and oxygen atoms in total. The fraction of sp³-hybridized carbons (Fsp3) is 0.556. The summed E-state index contributed by atoms with van der Waals surface area (Å²) in [6, 6.07) is 5.71.